The third kappa shape index (κ3) is 3.30. The fourth-order valence-corrected chi connectivity index (χ4v) is 1.15. The van der Waals surface area contributed by atoms with Crippen molar-refractivity contribution in [3.63, 3.8) is 0 Å². The Balaban J connectivity index is 2.54. The minimum atomic E-state index is -0.138. The minimum Gasteiger partial charge on any atom is -0.484 e. The Morgan fingerprint density at radius 3 is 3.00 bits per heavy atom. The number of carbonyl (C=O) groups excluding carboxylic acids is 1. The maximum Gasteiger partial charge on any atom is 0.257 e. The first-order valence-corrected chi connectivity index (χ1v) is 4.92. The third-order valence-corrected chi connectivity index (χ3v) is 2.09. The smallest absolute Gasteiger partial charge is 0.257 e. The monoisotopic (exact) mass is 211 g/mol. The van der Waals surface area contributed by atoms with Crippen LogP contribution in [0.2, 0.25) is 0 Å². The van der Waals surface area contributed by atoms with Crippen LogP contribution in [0.5, 0.6) is 5.75 Å². The van der Waals surface area contributed by atoms with E-state index in [4.69, 9.17) is 4.74 Å². The molecular formula is C10H13NO2S. The van der Waals surface area contributed by atoms with Crippen LogP contribution < -0.4 is 10.1 Å². The van der Waals surface area contributed by atoms with Gasteiger partial charge >= 0.3 is 0 Å². The lowest BCUT2D eigenvalue weighted by molar-refractivity contribution is -0.122. The number of thiol groups is 1. The van der Waals surface area contributed by atoms with Gasteiger partial charge in [0.15, 0.2) is 6.61 Å². The van der Waals surface area contributed by atoms with Crippen LogP contribution in [0.15, 0.2) is 24.3 Å². The zero-order valence-electron chi connectivity index (χ0n) is 7.99. The van der Waals surface area contributed by atoms with E-state index >= 15 is 0 Å². The van der Waals surface area contributed by atoms with E-state index in [0.29, 0.717) is 11.5 Å². The molecule has 0 spiro atoms. The molecule has 1 amide bonds. The summed E-state index contributed by atoms with van der Waals surface area (Å²) in [5, 5.41) is 2.48. The van der Waals surface area contributed by atoms with Crippen LogP contribution in [0.1, 0.15) is 5.56 Å². The maximum atomic E-state index is 10.9. The van der Waals surface area contributed by atoms with Crippen molar-refractivity contribution in [3.8, 4) is 5.75 Å². The van der Waals surface area contributed by atoms with E-state index in [1.807, 2.05) is 24.3 Å². The van der Waals surface area contributed by atoms with Crippen molar-refractivity contribution in [2.45, 2.75) is 5.75 Å². The number of benzene rings is 1. The van der Waals surface area contributed by atoms with Gasteiger partial charge in [0, 0.05) is 12.8 Å². The number of nitrogens with one attached hydrogen (secondary N) is 1. The number of ether oxygens (including phenoxy) is 1. The molecule has 0 saturated carbocycles. The first-order chi connectivity index (χ1) is 6.76. The Bertz CT molecular complexity index is 315. The zero-order valence-corrected chi connectivity index (χ0v) is 8.88. The van der Waals surface area contributed by atoms with Gasteiger partial charge in [-0.15, -0.1) is 0 Å². The second-order valence-corrected chi connectivity index (χ2v) is 3.08. The average molecular weight is 211 g/mol. The summed E-state index contributed by atoms with van der Waals surface area (Å²) in [6, 6.07) is 7.52. The van der Waals surface area contributed by atoms with Crippen LogP contribution in [0, 0.1) is 0 Å². The molecule has 0 heterocycles. The summed E-state index contributed by atoms with van der Waals surface area (Å²) >= 11 is 4.15. The quantitative estimate of drug-likeness (QED) is 0.735. The largest absolute Gasteiger partial charge is 0.484 e. The Kier molecular flexibility index (Phi) is 4.32. The minimum absolute atomic E-state index is 0.0481. The van der Waals surface area contributed by atoms with Gasteiger partial charge in [-0.1, -0.05) is 12.1 Å². The molecule has 1 aromatic rings. The van der Waals surface area contributed by atoms with Crippen molar-refractivity contribution in [2.75, 3.05) is 13.7 Å². The molecule has 0 radical (unpaired) electrons. The van der Waals surface area contributed by atoms with Gasteiger partial charge in [-0.25, -0.2) is 0 Å². The van der Waals surface area contributed by atoms with Crippen LogP contribution in [0.4, 0.5) is 0 Å². The van der Waals surface area contributed by atoms with Crippen molar-refractivity contribution < 1.29 is 9.53 Å². The molecule has 0 aliphatic heterocycles. The molecule has 14 heavy (non-hydrogen) atoms. The van der Waals surface area contributed by atoms with Gasteiger partial charge in [0.05, 0.1) is 0 Å². The number of rotatable bonds is 4. The molecule has 1 rings (SSSR count). The van der Waals surface area contributed by atoms with E-state index in [2.05, 4.69) is 17.9 Å². The van der Waals surface area contributed by atoms with Gasteiger partial charge in [-0.05, 0) is 17.7 Å². The zero-order chi connectivity index (χ0) is 10.4. The Morgan fingerprint density at radius 1 is 1.57 bits per heavy atom. The number of hydrogen-bond acceptors (Lipinski definition) is 3. The highest BCUT2D eigenvalue weighted by Gasteiger charge is 1.99. The second kappa shape index (κ2) is 5.54. The predicted molar refractivity (Wildman–Crippen MR) is 58.7 cm³/mol. The third-order valence-electron chi connectivity index (χ3n) is 1.73. The highest BCUT2D eigenvalue weighted by atomic mass is 32.1. The topological polar surface area (TPSA) is 38.3 Å². The highest BCUT2D eigenvalue weighted by Crippen LogP contribution is 2.14. The molecule has 0 saturated heterocycles. The van der Waals surface area contributed by atoms with Crippen LogP contribution >= 0.6 is 12.6 Å². The maximum absolute atomic E-state index is 10.9. The van der Waals surface area contributed by atoms with E-state index in [1.54, 1.807) is 7.05 Å². The number of hydrogen-bond donors (Lipinski definition) is 2. The lowest BCUT2D eigenvalue weighted by Gasteiger charge is -2.05. The van der Waals surface area contributed by atoms with Gasteiger partial charge in [0.1, 0.15) is 5.75 Å². The Labute approximate surface area is 88.9 Å². The number of likely N-dealkylation sites (N-methyl/N-ethyl adjacent to an activating group) is 1. The molecule has 1 N–H and O–H groups in total. The SMILES string of the molecule is CNC(=O)COc1cccc(CS)c1. The lowest BCUT2D eigenvalue weighted by atomic mass is 10.2. The normalized spacial score (nSPS) is 9.57. The van der Waals surface area contributed by atoms with E-state index in [1.165, 1.54) is 0 Å². The second-order valence-electron chi connectivity index (χ2n) is 2.77. The molecule has 0 aliphatic carbocycles. The Morgan fingerprint density at radius 2 is 2.36 bits per heavy atom. The number of carbonyl (C=O) groups is 1. The molecular weight excluding hydrogens is 198 g/mol. The van der Waals surface area contributed by atoms with Crippen molar-refractivity contribution in [1.29, 1.82) is 0 Å². The number of amides is 1. The van der Waals surface area contributed by atoms with Gasteiger partial charge < -0.3 is 10.1 Å². The average Bonchev–Trinajstić information content (AvgIpc) is 2.26. The van der Waals surface area contributed by atoms with E-state index in [9.17, 15) is 4.79 Å². The van der Waals surface area contributed by atoms with E-state index in [-0.39, 0.29) is 12.5 Å². The van der Waals surface area contributed by atoms with Gasteiger partial charge in [-0.2, -0.15) is 12.6 Å². The summed E-state index contributed by atoms with van der Waals surface area (Å²) in [4.78, 5) is 10.9. The Hall–Kier alpha value is -1.16. The summed E-state index contributed by atoms with van der Waals surface area (Å²) in [5.74, 6) is 1.22. The molecule has 0 atom stereocenters. The fourth-order valence-electron chi connectivity index (χ4n) is 0.955. The molecule has 4 heteroatoms. The molecule has 0 unspecified atom stereocenters. The van der Waals surface area contributed by atoms with E-state index in [0.717, 1.165) is 5.56 Å². The van der Waals surface area contributed by atoms with Crippen molar-refractivity contribution in [1.82, 2.24) is 5.32 Å². The molecule has 76 valence electrons. The summed E-state index contributed by atoms with van der Waals surface area (Å²) in [6.07, 6.45) is 0. The van der Waals surface area contributed by atoms with Crippen LogP contribution in [0.3, 0.4) is 0 Å². The molecule has 0 bridgehead atoms. The molecule has 0 fully saturated rings. The highest BCUT2D eigenvalue weighted by molar-refractivity contribution is 7.79. The van der Waals surface area contributed by atoms with Crippen LogP contribution in [-0.4, -0.2) is 19.6 Å². The van der Waals surface area contributed by atoms with Crippen molar-refractivity contribution >= 4 is 18.5 Å². The van der Waals surface area contributed by atoms with Gasteiger partial charge in [0.25, 0.3) is 5.91 Å². The fraction of sp³-hybridized carbons (Fsp3) is 0.300. The standard InChI is InChI=1S/C10H13NO2S/c1-11-10(12)6-13-9-4-2-3-8(5-9)7-14/h2-5,14H,6-7H2,1H3,(H,11,12). The molecule has 3 nitrogen and oxygen atoms in total. The predicted octanol–water partition coefficient (Wildman–Crippen LogP) is 1.24. The first kappa shape index (κ1) is 10.9. The summed E-state index contributed by atoms with van der Waals surface area (Å²) in [5.41, 5.74) is 1.07. The van der Waals surface area contributed by atoms with E-state index < -0.39 is 0 Å². The summed E-state index contributed by atoms with van der Waals surface area (Å²) in [6.45, 7) is 0.0481. The van der Waals surface area contributed by atoms with Gasteiger partial charge in [-0.3, -0.25) is 4.79 Å². The lowest BCUT2D eigenvalue weighted by Crippen LogP contribution is -2.24. The molecule has 0 aliphatic rings. The van der Waals surface area contributed by atoms with Crippen molar-refractivity contribution in [3.05, 3.63) is 29.8 Å². The summed E-state index contributed by atoms with van der Waals surface area (Å²) < 4.78 is 5.26. The first-order valence-electron chi connectivity index (χ1n) is 4.29. The van der Waals surface area contributed by atoms with Crippen LogP contribution in [-0.2, 0) is 10.5 Å². The van der Waals surface area contributed by atoms with Crippen LogP contribution in [0.25, 0.3) is 0 Å². The summed E-state index contributed by atoms with van der Waals surface area (Å²) in [7, 11) is 1.58. The molecule has 0 aromatic heterocycles. The van der Waals surface area contributed by atoms with Crippen molar-refractivity contribution in [2.24, 2.45) is 0 Å². The van der Waals surface area contributed by atoms with Gasteiger partial charge in [0.2, 0.25) is 0 Å². The molecule has 1 aromatic carbocycles.